The Kier molecular flexibility index (Phi) is 5.31. The minimum Gasteiger partial charge on any atom is -0.351 e. The number of nitrogens with one attached hydrogen (secondary N) is 2. The molecule has 0 spiro atoms. The summed E-state index contributed by atoms with van der Waals surface area (Å²) in [5.41, 5.74) is 1.40. The molecule has 1 amide bonds. The lowest BCUT2D eigenvalue weighted by atomic mass is 10.1. The molecule has 1 aliphatic rings. The molecule has 1 saturated heterocycles. The number of hydrogen-bond donors (Lipinski definition) is 2. The zero-order valence-electron chi connectivity index (χ0n) is 12.9. The van der Waals surface area contributed by atoms with Crippen molar-refractivity contribution in [2.45, 2.75) is 39.4 Å². The molecular formula is C16H24FN3O. The molecule has 0 radical (unpaired) electrons. The molecule has 2 atom stereocenters. The number of amides is 1. The van der Waals surface area contributed by atoms with Gasteiger partial charge in [-0.05, 0) is 38.0 Å². The Hall–Kier alpha value is -1.46. The number of carbonyl (C=O) groups is 1. The minimum absolute atomic E-state index is 0.0164. The van der Waals surface area contributed by atoms with E-state index in [0.29, 0.717) is 30.7 Å². The summed E-state index contributed by atoms with van der Waals surface area (Å²) in [6.07, 6.45) is 0. The first kappa shape index (κ1) is 15.9. The molecule has 1 aromatic rings. The van der Waals surface area contributed by atoms with Gasteiger partial charge >= 0.3 is 0 Å². The van der Waals surface area contributed by atoms with Crippen LogP contribution in [0.25, 0.3) is 0 Å². The molecule has 0 bridgehead atoms. The number of aryl methyl sites for hydroxylation is 1. The minimum atomic E-state index is -0.230. The van der Waals surface area contributed by atoms with E-state index in [1.54, 1.807) is 13.0 Å². The second-order valence-electron chi connectivity index (χ2n) is 6.02. The van der Waals surface area contributed by atoms with E-state index in [2.05, 4.69) is 29.4 Å². The molecule has 21 heavy (non-hydrogen) atoms. The number of nitrogens with zero attached hydrogens (tertiary/aromatic N) is 1. The standard InChI is InChI=1S/C16H24FN3O/c1-11-4-5-14(6-15(11)17)7-18-16(21)10-20-8-12(2)19-13(3)9-20/h4-6,12-13,19H,7-10H2,1-3H3,(H,18,21). The summed E-state index contributed by atoms with van der Waals surface area (Å²) in [6.45, 7) is 8.47. The van der Waals surface area contributed by atoms with Gasteiger partial charge in [0, 0.05) is 31.7 Å². The highest BCUT2D eigenvalue weighted by atomic mass is 19.1. The molecular weight excluding hydrogens is 269 g/mol. The van der Waals surface area contributed by atoms with Crippen molar-refractivity contribution in [1.29, 1.82) is 0 Å². The van der Waals surface area contributed by atoms with Gasteiger partial charge in [-0.3, -0.25) is 9.69 Å². The molecule has 1 aromatic carbocycles. The number of hydrogen-bond acceptors (Lipinski definition) is 3. The lowest BCUT2D eigenvalue weighted by molar-refractivity contribution is -0.122. The van der Waals surface area contributed by atoms with Crippen LogP contribution in [-0.2, 0) is 11.3 Å². The maximum atomic E-state index is 13.4. The summed E-state index contributed by atoms with van der Waals surface area (Å²) in [4.78, 5) is 14.1. The topological polar surface area (TPSA) is 44.4 Å². The van der Waals surface area contributed by atoms with Crippen LogP contribution >= 0.6 is 0 Å². The van der Waals surface area contributed by atoms with Crippen molar-refractivity contribution >= 4 is 5.91 Å². The molecule has 1 fully saturated rings. The van der Waals surface area contributed by atoms with Gasteiger partial charge in [-0.2, -0.15) is 0 Å². The largest absolute Gasteiger partial charge is 0.351 e. The van der Waals surface area contributed by atoms with Crippen LogP contribution in [0.3, 0.4) is 0 Å². The molecule has 1 heterocycles. The third-order valence-electron chi connectivity index (χ3n) is 3.73. The van der Waals surface area contributed by atoms with Crippen LogP contribution < -0.4 is 10.6 Å². The van der Waals surface area contributed by atoms with Gasteiger partial charge in [0.15, 0.2) is 0 Å². The van der Waals surface area contributed by atoms with Gasteiger partial charge < -0.3 is 10.6 Å². The monoisotopic (exact) mass is 293 g/mol. The lowest BCUT2D eigenvalue weighted by Gasteiger charge is -2.35. The van der Waals surface area contributed by atoms with Crippen LogP contribution in [-0.4, -0.2) is 42.5 Å². The fraction of sp³-hybridized carbons (Fsp3) is 0.562. The van der Waals surface area contributed by atoms with Crippen LogP contribution in [0, 0.1) is 12.7 Å². The van der Waals surface area contributed by atoms with Gasteiger partial charge in [-0.1, -0.05) is 12.1 Å². The Balaban J connectivity index is 1.80. The third-order valence-corrected chi connectivity index (χ3v) is 3.73. The first-order valence-corrected chi connectivity index (χ1v) is 7.44. The zero-order valence-corrected chi connectivity index (χ0v) is 12.9. The smallest absolute Gasteiger partial charge is 0.234 e. The molecule has 5 heteroatoms. The molecule has 2 rings (SSSR count). The van der Waals surface area contributed by atoms with Crippen molar-refractivity contribution in [2.75, 3.05) is 19.6 Å². The van der Waals surface area contributed by atoms with Crippen LogP contribution in [0.5, 0.6) is 0 Å². The van der Waals surface area contributed by atoms with Crippen molar-refractivity contribution in [3.8, 4) is 0 Å². The number of piperazine rings is 1. The molecule has 116 valence electrons. The zero-order chi connectivity index (χ0) is 15.4. The van der Waals surface area contributed by atoms with Gasteiger partial charge in [-0.25, -0.2) is 4.39 Å². The summed E-state index contributed by atoms with van der Waals surface area (Å²) in [7, 11) is 0. The second kappa shape index (κ2) is 7.00. The fourth-order valence-electron chi connectivity index (χ4n) is 2.78. The maximum Gasteiger partial charge on any atom is 0.234 e. The molecule has 1 aliphatic heterocycles. The van der Waals surface area contributed by atoms with Crippen molar-refractivity contribution < 1.29 is 9.18 Å². The normalized spacial score (nSPS) is 23.0. The summed E-state index contributed by atoms with van der Waals surface area (Å²) >= 11 is 0. The molecule has 2 N–H and O–H groups in total. The highest BCUT2D eigenvalue weighted by Crippen LogP contribution is 2.09. The third kappa shape index (κ3) is 4.79. The Morgan fingerprint density at radius 2 is 2.05 bits per heavy atom. The van der Waals surface area contributed by atoms with Crippen molar-refractivity contribution in [3.05, 3.63) is 35.1 Å². The number of rotatable bonds is 4. The van der Waals surface area contributed by atoms with Gasteiger partial charge in [0.05, 0.1) is 6.54 Å². The van der Waals surface area contributed by atoms with E-state index in [4.69, 9.17) is 0 Å². The van der Waals surface area contributed by atoms with Crippen molar-refractivity contribution in [2.24, 2.45) is 0 Å². The van der Waals surface area contributed by atoms with E-state index >= 15 is 0 Å². The highest BCUT2D eigenvalue weighted by molar-refractivity contribution is 5.78. The summed E-state index contributed by atoms with van der Waals surface area (Å²) in [6, 6.07) is 5.84. The van der Waals surface area contributed by atoms with Crippen molar-refractivity contribution in [3.63, 3.8) is 0 Å². The van der Waals surface area contributed by atoms with Crippen LogP contribution in [0.4, 0.5) is 4.39 Å². The molecule has 0 aliphatic carbocycles. The first-order chi connectivity index (χ1) is 9.94. The molecule has 0 aromatic heterocycles. The number of benzene rings is 1. The van der Waals surface area contributed by atoms with Crippen LogP contribution in [0.15, 0.2) is 18.2 Å². The van der Waals surface area contributed by atoms with Crippen LogP contribution in [0.2, 0.25) is 0 Å². The van der Waals surface area contributed by atoms with E-state index < -0.39 is 0 Å². The van der Waals surface area contributed by atoms with Crippen molar-refractivity contribution in [1.82, 2.24) is 15.5 Å². The van der Waals surface area contributed by atoms with Gasteiger partial charge in [-0.15, -0.1) is 0 Å². The van der Waals surface area contributed by atoms with E-state index in [0.717, 1.165) is 18.7 Å². The summed E-state index contributed by atoms with van der Waals surface area (Å²) in [5, 5.41) is 6.29. The van der Waals surface area contributed by atoms with E-state index in [1.165, 1.54) is 6.07 Å². The number of halogens is 1. The Bertz CT molecular complexity index is 496. The van der Waals surface area contributed by atoms with E-state index in [1.807, 2.05) is 6.07 Å². The predicted octanol–water partition coefficient (Wildman–Crippen LogP) is 1.43. The second-order valence-corrected chi connectivity index (χ2v) is 6.02. The summed E-state index contributed by atoms with van der Waals surface area (Å²) < 4.78 is 13.4. The van der Waals surface area contributed by atoms with Gasteiger partial charge in [0.25, 0.3) is 0 Å². The highest BCUT2D eigenvalue weighted by Gasteiger charge is 2.22. The molecule has 4 nitrogen and oxygen atoms in total. The average molecular weight is 293 g/mol. The van der Waals surface area contributed by atoms with Gasteiger partial charge in [0.2, 0.25) is 5.91 Å². The molecule has 2 unspecified atom stereocenters. The SMILES string of the molecule is Cc1ccc(CNC(=O)CN2CC(C)NC(C)C2)cc1F. The Morgan fingerprint density at radius 3 is 2.67 bits per heavy atom. The fourth-order valence-corrected chi connectivity index (χ4v) is 2.78. The maximum absolute atomic E-state index is 13.4. The quantitative estimate of drug-likeness (QED) is 0.883. The lowest BCUT2D eigenvalue weighted by Crippen LogP contribution is -2.56. The van der Waals surface area contributed by atoms with Crippen LogP contribution in [0.1, 0.15) is 25.0 Å². The predicted molar refractivity (Wildman–Crippen MR) is 81.5 cm³/mol. The Labute approximate surface area is 125 Å². The van der Waals surface area contributed by atoms with Gasteiger partial charge in [0.1, 0.15) is 5.82 Å². The average Bonchev–Trinajstić information content (AvgIpc) is 2.39. The summed E-state index contributed by atoms with van der Waals surface area (Å²) in [5.74, 6) is -0.246. The van der Waals surface area contributed by atoms with E-state index in [-0.39, 0.29) is 11.7 Å². The molecule has 0 saturated carbocycles. The Morgan fingerprint density at radius 1 is 1.38 bits per heavy atom. The number of carbonyl (C=O) groups excluding carboxylic acids is 1. The van der Waals surface area contributed by atoms with E-state index in [9.17, 15) is 9.18 Å². The first-order valence-electron chi connectivity index (χ1n) is 7.44.